The van der Waals surface area contributed by atoms with Gasteiger partial charge in [0.15, 0.2) is 0 Å². The maximum absolute atomic E-state index is 14.3. The summed E-state index contributed by atoms with van der Waals surface area (Å²) in [6, 6.07) is 16.1. The molecule has 1 aliphatic heterocycles. The van der Waals surface area contributed by atoms with Crippen molar-refractivity contribution >= 4 is 28.9 Å². The van der Waals surface area contributed by atoms with Crippen LogP contribution in [0.5, 0.6) is 0 Å². The molecule has 0 fully saturated rings. The van der Waals surface area contributed by atoms with Crippen LogP contribution in [0.15, 0.2) is 77.0 Å². The molecule has 4 aromatic rings. The summed E-state index contributed by atoms with van der Waals surface area (Å²) in [6.07, 6.45) is 0. The number of nitrogens with zero attached hydrogens (tertiary/aromatic N) is 3. The fraction of sp³-hybridized carbons (Fsp3) is 0.115. The number of rotatable bonds is 4. The molecule has 9 heteroatoms. The van der Waals surface area contributed by atoms with Gasteiger partial charge in [-0.15, -0.1) is 0 Å². The van der Waals surface area contributed by atoms with Crippen molar-refractivity contribution in [1.82, 2.24) is 15.5 Å². The van der Waals surface area contributed by atoms with Gasteiger partial charge in [0, 0.05) is 16.3 Å². The Morgan fingerprint density at radius 3 is 2.40 bits per heavy atom. The third-order valence-electron chi connectivity index (χ3n) is 5.86. The normalized spacial score (nSPS) is 16.0. The molecule has 2 heterocycles. The smallest absolute Gasteiger partial charge is 0.327 e. The lowest BCUT2D eigenvalue weighted by Gasteiger charge is -2.35. The maximum Gasteiger partial charge on any atom is 0.327 e. The van der Waals surface area contributed by atoms with E-state index in [1.54, 1.807) is 62.4 Å². The monoisotopic (exact) mass is 492 g/mol. The van der Waals surface area contributed by atoms with Gasteiger partial charge in [-0.05, 0) is 73.5 Å². The van der Waals surface area contributed by atoms with E-state index in [0.717, 1.165) is 0 Å². The highest BCUT2D eigenvalue weighted by atomic mass is 35.5. The Kier molecular flexibility index (Phi) is 5.82. The Morgan fingerprint density at radius 2 is 1.71 bits per heavy atom. The summed E-state index contributed by atoms with van der Waals surface area (Å²) < 4.78 is 33.6. The van der Waals surface area contributed by atoms with Crippen molar-refractivity contribution in [2.75, 3.05) is 4.90 Å². The lowest BCUT2D eigenvalue weighted by atomic mass is 9.94. The van der Waals surface area contributed by atoms with Gasteiger partial charge >= 0.3 is 6.03 Å². The van der Waals surface area contributed by atoms with Gasteiger partial charge in [-0.3, -0.25) is 4.90 Å². The molecule has 1 aliphatic rings. The first-order valence-electron chi connectivity index (χ1n) is 10.7. The molecule has 1 unspecified atom stereocenters. The molecule has 0 radical (unpaired) electrons. The van der Waals surface area contributed by atoms with Crippen LogP contribution in [0, 0.1) is 18.6 Å². The number of allylic oxidation sites excluding steroid dienone is 1. The average molecular weight is 493 g/mol. The molecule has 3 aromatic carbocycles. The number of aryl methyl sites for hydroxylation is 1. The quantitative estimate of drug-likeness (QED) is 0.345. The van der Waals surface area contributed by atoms with Crippen LogP contribution in [-0.2, 0) is 0 Å². The van der Waals surface area contributed by atoms with E-state index in [-0.39, 0.29) is 5.89 Å². The third-order valence-corrected chi connectivity index (χ3v) is 6.11. The van der Waals surface area contributed by atoms with Crippen LogP contribution in [0.4, 0.5) is 19.3 Å². The Bertz CT molecular complexity index is 1450. The number of hydrogen-bond donors (Lipinski definition) is 1. The number of benzene rings is 3. The van der Waals surface area contributed by atoms with E-state index in [2.05, 4.69) is 15.5 Å². The minimum Gasteiger partial charge on any atom is -0.334 e. The zero-order valence-corrected chi connectivity index (χ0v) is 19.5. The Labute approximate surface area is 204 Å². The van der Waals surface area contributed by atoms with Gasteiger partial charge in [0.2, 0.25) is 5.82 Å². The zero-order valence-electron chi connectivity index (χ0n) is 18.7. The molecular weight excluding hydrogens is 474 g/mol. The molecule has 0 saturated carbocycles. The molecule has 2 amide bonds. The van der Waals surface area contributed by atoms with Crippen LogP contribution in [0.1, 0.15) is 30.0 Å². The Balaban J connectivity index is 1.65. The number of hydrogen-bond acceptors (Lipinski definition) is 4. The largest absolute Gasteiger partial charge is 0.334 e. The number of amides is 2. The number of nitrogens with one attached hydrogen (secondary N) is 1. The van der Waals surface area contributed by atoms with Gasteiger partial charge in [-0.1, -0.05) is 35.0 Å². The van der Waals surface area contributed by atoms with Gasteiger partial charge in [-0.2, -0.15) is 4.98 Å². The molecule has 0 spiro atoms. The molecule has 35 heavy (non-hydrogen) atoms. The molecule has 0 bridgehead atoms. The van der Waals surface area contributed by atoms with Gasteiger partial charge < -0.3 is 9.84 Å². The van der Waals surface area contributed by atoms with Crippen molar-refractivity contribution in [2.45, 2.75) is 19.9 Å². The van der Waals surface area contributed by atoms with E-state index in [1.807, 2.05) is 0 Å². The van der Waals surface area contributed by atoms with Gasteiger partial charge in [0.05, 0.1) is 17.3 Å². The molecule has 1 atom stereocenters. The van der Waals surface area contributed by atoms with Crippen LogP contribution in [0.2, 0.25) is 5.02 Å². The van der Waals surface area contributed by atoms with Crippen molar-refractivity contribution < 1.29 is 18.1 Å². The molecular formula is C26H19ClF2N4O2. The highest BCUT2D eigenvalue weighted by Crippen LogP contribution is 2.39. The number of carbonyl (C=O) groups excluding carboxylic acids is 1. The first-order valence-corrected chi connectivity index (χ1v) is 11.1. The second kappa shape index (κ2) is 8.96. The first-order chi connectivity index (χ1) is 16.8. The highest BCUT2D eigenvalue weighted by Gasteiger charge is 2.36. The third kappa shape index (κ3) is 4.28. The average Bonchev–Trinajstić information content (AvgIpc) is 3.31. The lowest BCUT2D eigenvalue weighted by Crippen LogP contribution is -2.46. The van der Waals surface area contributed by atoms with Crippen LogP contribution < -0.4 is 10.2 Å². The predicted octanol–water partition coefficient (Wildman–Crippen LogP) is 6.68. The van der Waals surface area contributed by atoms with Crippen LogP contribution >= 0.6 is 11.6 Å². The summed E-state index contributed by atoms with van der Waals surface area (Å²) in [4.78, 5) is 19.1. The van der Waals surface area contributed by atoms with E-state index in [4.69, 9.17) is 16.1 Å². The first kappa shape index (κ1) is 22.7. The summed E-state index contributed by atoms with van der Waals surface area (Å²) in [6.45, 7) is 3.36. The van der Waals surface area contributed by atoms with Crippen molar-refractivity contribution in [2.24, 2.45) is 0 Å². The highest BCUT2D eigenvalue weighted by molar-refractivity contribution is 6.30. The van der Waals surface area contributed by atoms with Gasteiger partial charge in [-0.25, -0.2) is 13.6 Å². The molecule has 5 rings (SSSR count). The molecule has 6 nitrogen and oxygen atoms in total. The predicted molar refractivity (Wildman–Crippen MR) is 129 cm³/mol. The summed E-state index contributed by atoms with van der Waals surface area (Å²) in [7, 11) is 0. The van der Waals surface area contributed by atoms with Crippen molar-refractivity contribution in [3.8, 4) is 11.4 Å². The molecule has 0 saturated heterocycles. The summed E-state index contributed by atoms with van der Waals surface area (Å²) in [5, 5.41) is 7.58. The second-order valence-electron chi connectivity index (χ2n) is 8.13. The maximum atomic E-state index is 14.3. The van der Waals surface area contributed by atoms with E-state index < -0.39 is 23.7 Å². The second-order valence-corrected chi connectivity index (χ2v) is 8.57. The Hall–Kier alpha value is -4.04. The number of carbonyl (C=O) groups is 1. The van der Waals surface area contributed by atoms with E-state index >= 15 is 0 Å². The van der Waals surface area contributed by atoms with Crippen LogP contribution in [0.25, 0.3) is 17.0 Å². The number of halogens is 3. The van der Waals surface area contributed by atoms with Crippen molar-refractivity contribution in [3.63, 3.8) is 0 Å². The molecule has 1 aromatic heterocycles. The van der Waals surface area contributed by atoms with E-state index in [9.17, 15) is 13.6 Å². The van der Waals surface area contributed by atoms with E-state index in [1.165, 1.54) is 23.1 Å². The van der Waals surface area contributed by atoms with Crippen LogP contribution in [0.3, 0.4) is 0 Å². The summed E-state index contributed by atoms with van der Waals surface area (Å²) >= 11 is 5.98. The molecule has 176 valence electrons. The van der Waals surface area contributed by atoms with Crippen LogP contribution in [-0.4, -0.2) is 16.2 Å². The lowest BCUT2D eigenvalue weighted by molar-refractivity contribution is 0.244. The number of urea groups is 1. The minimum atomic E-state index is -0.701. The zero-order chi connectivity index (χ0) is 24.7. The fourth-order valence-corrected chi connectivity index (χ4v) is 4.13. The van der Waals surface area contributed by atoms with Crippen molar-refractivity contribution in [1.29, 1.82) is 0 Å². The van der Waals surface area contributed by atoms with E-state index in [0.29, 0.717) is 44.5 Å². The summed E-state index contributed by atoms with van der Waals surface area (Å²) in [5.74, 6) is -0.343. The van der Waals surface area contributed by atoms with Crippen molar-refractivity contribution in [3.05, 3.63) is 106 Å². The van der Waals surface area contributed by atoms with Gasteiger partial charge in [0.1, 0.15) is 11.6 Å². The standard InChI is InChI=1S/C26H19ClF2N4O2/c1-14-3-12-20(13-21(14)29)33-15(2)22(23(30-26(33)34)16-6-10-19(28)11-7-16)25-31-24(32-35-25)17-4-8-18(27)9-5-17/h3-13,23H,1-2H3,(H,30,34). The number of aromatic nitrogens is 2. The number of anilines is 1. The minimum absolute atomic E-state index is 0.166. The topological polar surface area (TPSA) is 71.3 Å². The fourth-order valence-electron chi connectivity index (χ4n) is 4.01. The molecule has 1 N–H and O–H groups in total. The summed E-state index contributed by atoms with van der Waals surface area (Å²) in [5.41, 5.74) is 3.09. The van der Waals surface area contributed by atoms with Gasteiger partial charge in [0.25, 0.3) is 5.89 Å². The SMILES string of the molecule is CC1=C(c2nc(-c3ccc(Cl)cc3)no2)C(c2ccc(F)cc2)NC(=O)N1c1ccc(C)c(F)c1. The Morgan fingerprint density at radius 1 is 1.00 bits per heavy atom. The molecule has 0 aliphatic carbocycles.